The molecule has 1 atom stereocenters. The van der Waals surface area contributed by atoms with Gasteiger partial charge in [0.05, 0.1) is 12.4 Å². The maximum Gasteiger partial charge on any atom is 0.256 e. The Labute approximate surface area is 140 Å². The number of benzene rings is 2. The van der Waals surface area contributed by atoms with Gasteiger partial charge in [0, 0.05) is 4.90 Å². The molecule has 0 saturated heterocycles. The lowest BCUT2D eigenvalue weighted by Crippen LogP contribution is -2.30. The fraction of sp³-hybridized carbons (Fsp3) is 0.278. The topological polar surface area (TPSA) is 58.6 Å². The van der Waals surface area contributed by atoms with Crippen LogP contribution in [0.5, 0.6) is 5.75 Å². The summed E-state index contributed by atoms with van der Waals surface area (Å²) in [6.45, 7) is 0. The Morgan fingerprint density at radius 3 is 2.48 bits per heavy atom. The van der Waals surface area contributed by atoms with Gasteiger partial charge in [-0.05, 0) is 49.1 Å². The van der Waals surface area contributed by atoms with Crippen LogP contribution < -0.4 is 10.2 Å². The maximum absolute atomic E-state index is 11.9. The Morgan fingerprint density at radius 1 is 1.17 bits per heavy atom. The summed E-state index contributed by atoms with van der Waals surface area (Å²) in [6.07, 6.45) is 2.49. The molecule has 0 fully saturated rings. The molecule has 2 N–H and O–H groups in total. The van der Waals surface area contributed by atoms with Crippen molar-refractivity contribution in [3.8, 4) is 5.75 Å². The van der Waals surface area contributed by atoms with Crippen LogP contribution in [-0.2, 0) is 11.2 Å². The number of rotatable bonds is 8. The molecular weight excluding hydrogens is 310 g/mol. The van der Waals surface area contributed by atoms with Crippen LogP contribution in [-0.4, -0.2) is 23.5 Å². The zero-order chi connectivity index (χ0) is 16.5. The summed E-state index contributed by atoms with van der Waals surface area (Å²) in [5, 5.41) is 8.63. The third-order valence-electron chi connectivity index (χ3n) is 3.51. The van der Waals surface area contributed by atoms with Crippen molar-refractivity contribution in [2.75, 3.05) is 7.11 Å². The van der Waals surface area contributed by atoms with Gasteiger partial charge in [-0.3, -0.25) is 10.0 Å². The lowest BCUT2D eigenvalue weighted by molar-refractivity contribution is -0.128. The highest BCUT2D eigenvalue weighted by Crippen LogP contribution is 2.28. The molecule has 4 nitrogen and oxygen atoms in total. The van der Waals surface area contributed by atoms with Gasteiger partial charge in [-0.2, -0.15) is 0 Å². The summed E-state index contributed by atoms with van der Waals surface area (Å²) in [4.78, 5) is 12.8. The molecule has 0 aromatic heterocycles. The highest BCUT2D eigenvalue weighted by atomic mass is 32.2. The summed E-state index contributed by atoms with van der Waals surface area (Å²) in [7, 11) is 1.62. The molecule has 1 unspecified atom stereocenters. The summed E-state index contributed by atoms with van der Waals surface area (Å²) in [5.74, 6) is 0.417. The third-order valence-corrected chi connectivity index (χ3v) is 4.79. The molecule has 2 rings (SSSR count). The predicted octanol–water partition coefficient (Wildman–Crippen LogP) is 3.68. The fourth-order valence-corrected chi connectivity index (χ4v) is 3.34. The lowest BCUT2D eigenvalue weighted by atomic mass is 10.1. The van der Waals surface area contributed by atoms with Crippen LogP contribution in [0.4, 0.5) is 0 Å². The largest absolute Gasteiger partial charge is 0.497 e. The van der Waals surface area contributed by atoms with Crippen molar-refractivity contribution >= 4 is 17.7 Å². The minimum atomic E-state index is -0.362. The Hall–Kier alpha value is -1.98. The van der Waals surface area contributed by atoms with Crippen molar-refractivity contribution in [3.05, 3.63) is 60.2 Å². The molecular formula is C18H21NO3S. The van der Waals surface area contributed by atoms with E-state index >= 15 is 0 Å². The molecule has 2 aromatic carbocycles. The monoisotopic (exact) mass is 331 g/mol. The zero-order valence-electron chi connectivity index (χ0n) is 13.1. The molecule has 0 aliphatic rings. The van der Waals surface area contributed by atoms with Crippen molar-refractivity contribution in [2.45, 2.75) is 29.4 Å². The van der Waals surface area contributed by atoms with E-state index in [0.717, 1.165) is 23.5 Å². The first kappa shape index (κ1) is 17.4. The Kier molecular flexibility index (Phi) is 6.97. The van der Waals surface area contributed by atoms with E-state index in [-0.39, 0.29) is 11.2 Å². The molecule has 0 spiro atoms. The number of nitrogens with one attached hydrogen (secondary N) is 1. The van der Waals surface area contributed by atoms with Gasteiger partial charge in [0.15, 0.2) is 0 Å². The quantitative estimate of drug-likeness (QED) is 0.440. The second kappa shape index (κ2) is 9.22. The van der Waals surface area contributed by atoms with Gasteiger partial charge in [-0.1, -0.05) is 30.3 Å². The van der Waals surface area contributed by atoms with Crippen LogP contribution in [0, 0.1) is 0 Å². The normalized spacial score (nSPS) is 11.7. The molecule has 0 bridgehead atoms. The van der Waals surface area contributed by atoms with E-state index in [0.29, 0.717) is 6.42 Å². The van der Waals surface area contributed by atoms with Gasteiger partial charge in [-0.15, -0.1) is 11.8 Å². The van der Waals surface area contributed by atoms with E-state index in [9.17, 15) is 4.79 Å². The van der Waals surface area contributed by atoms with E-state index in [1.165, 1.54) is 17.3 Å². The second-order valence-corrected chi connectivity index (χ2v) is 6.41. The molecule has 5 heteroatoms. The number of carbonyl (C=O) groups is 1. The average molecular weight is 331 g/mol. The number of carbonyl (C=O) groups excluding carboxylic acids is 1. The predicted molar refractivity (Wildman–Crippen MR) is 91.9 cm³/mol. The first-order valence-electron chi connectivity index (χ1n) is 7.51. The second-order valence-electron chi connectivity index (χ2n) is 5.14. The van der Waals surface area contributed by atoms with E-state index in [1.807, 2.05) is 42.5 Å². The van der Waals surface area contributed by atoms with E-state index in [1.54, 1.807) is 12.6 Å². The van der Waals surface area contributed by atoms with Crippen LogP contribution in [0.15, 0.2) is 59.5 Å². The number of hydroxylamine groups is 1. The summed E-state index contributed by atoms with van der Waals surface area (Å²) in [5.41, 5.74) is 3.03. The van der Waals surface area contributed by atoms with E-state index in [4.69, 9.17) is 9.94 Å². The minimum absolute atomic E-state index is 0.322. The number of thioether (sulfide) groups is 1. The van der Waals surface area contributed by atoms with Gasteiger partial charge >= 0.3 is 0 Å². The number of hydrogen-bond donors (Lipinski definition) is 2. The molecule has 1 amide bonds. The smallest absolute Gasteiger partial charge is 0.256 e. The van der Waals surface area contributed by atoms with Gasteiger partial charge in [-0.25, -0.2) is 5.48 Å². The number of amides is 1. The van der Waals surface area contributed by atoms with Crippen molar-refractivity contribution in [3.63, 3.8) is 0 Å². The highest BCUT2D eigenvalue weighted by molar-refractivity contribution is 8.00. The molecule has 2 aromatic rings. The van der Waals surface area contributed by atoms with Crippen LogP contribution >= 0.6 is 11.8 Å². The van der Waals surface area contributed by atoms with Gasteiger partial charge in [0.25, 0.3) is 5.91 Å². The molecule has 0 radical (unpaired) electrons. The summed E-state index contributed by atoms with van der Waals surface area (Å²) >= 11 is 1.45. The summed E-state index contributed by atoms with van der Waals surface area (Å²) in [6, 6.07) is 17.7. The SMILES string of the molecule is COc1ccc(SC(CCCc2ccccc2)C(=O)NO)cc1. The number of hydrogen-bond acceptors (Lipinski definition) is 4. The standard InChI is InChI=1S/C18H21NO3S/c1-22-15-10-12-16(13-11-15)23-17(18(20)19-21)9-5-8-14-6-3-2-4-7-14/h2-4,6-7,10-13,17,21H,5,8-9H2,1H3,(H,19,20). The first-order valence-corrected chi connectivity index (χ1v) is 8.39. The first-order chi connectivity index (χ1) is 11.2. The highest BCUT2D eigenvalue weighted by Gasteiger charge is 2.19. The van der Waals surface area contributed by atoms with Crippen LogP contribution in [0.1, 0.15) is 18.4 Å². The van der Waals surface area contributed by atoms with Crippen LogP contribution in [0.25, 0.3) is 0 Å². The van der Waals surface area contributed by atoms with Gasteiger partial charge in [0.2, 0.25) is 0 Å². The molecule has 23 heavy (non-hydrogen) atoms. The van der Waals surface area contributed by atoms with Crippen molar-refractivity contribution in [2.24, 2.45) is 0 Å². The molecule has 0 aliphatic carbocycles. The number of aryl methyl sites for hydroxylation is 1. The van der Waals surface area contributed by atoms with Gasteiger partial charge in [0.1, 0.15) is 5.75 Å². The van der Waals surface area contributed by atoms with Crippen molar-refractivity contribution < 1.29 is 14.7 Å². The summed E-state index contributed by atoms with van der Waals surface area (Å²) < 4.78 is 5.13. The average Bonchev–Trinajstić information content (AvgIpc) is 2.61. The fourth-order valence-electron chi connectivity index (χ4n) is 2.27. The zero-order valence-corrected chi connectivity index (χ0v) is 13.9. The van der Waals surface area contributed by atoms with Crippen molar-refractivity contribution in [1.29, 1.82) is 0 Å². The number of methoxy groups -OCH3 is 1. The Bertz CT molecular complexity index is 601. The minimum Gasteiger partial charge on any atom is -0.497 e. The molecule has 0 aliphatic heterocycles. The number of ether oxygens (including phenoxy) is 1. The van der Waals surface area contributed by atoms with E-state index < -0.39 is 0 Å². The Balaban J connectivity index is 1.92. The third kappa shape index (κ3) is 5.62. The van der Waals surface area contributed by atoms with Crippen LogP contribution in [0.3, 0.4) is 0 Å². The Morgan fingerprint density at radius 2 is 1.87 bits per heavy atom. The molecule has 122 valence electrons. The van der Waals surface area contributed by atoms with Gasteiger partial charge < -0.3 is 4.74 Å². The molecule has 0 saturated carbocycles. The maximum atomic E-state index is 11.9. The van der Waals surface area contributed by atoms with Crippen molar-refractivity contribution in [1.82, 2.24) is 5.48 Å². The van der Waals surface area contributed by atoms with Crippen LogP contribution in [0.2, 0.25) is 0 Å². The lowest BCUT2D eigenvalue weighted by Gasteiger charge is -2.14. The molecule has 0 heterocycles. The van der Waals surface area contributed by atoms with E-state index in [2.05, 4.69) is 12.1 Å².